The van der Waals surface area contributed by atoms with E-state index >= 15 is 0 Å². The Balaban J connectivity index is 0.000000143. The molecule has 16 rings (SSSR count). The van der Waals surface area contributed by atoms with E-state index in [2.05, 4.69) is 158 Å². The summed E-state index contributed by atoms with van der Waals surface area (Å²) in [4.78, 5) is 17.9. The molecule has 0 amide bonds. The summed E-state index contributed by atoms with van der Waals surface area (Å²) in [5.74, 6) is 3.05. The molecule has 0 aliphatic heterocycles. The Morgan fingerprint density at radius 3 is 1.51 bits per heavy atom. The van der Waals surface area contributed by atoms with E-state index in [0.717, 1.165) is 124 Å². The van der Waals surface area contributed by atoms with Gasteiger partial charge in [0.05, 0.1) is 37.4 Å². The number of halogens is 2. The van der Waals surface area contributed by atoms with E-state index in [1.165, 1.54) is 33.2 Å². The highest BCUT2D eigenvalue weighted by molar-refractivity contribution is 6.11. The zero-order chi connectivity index (χ0) is 84.2. The standard InChI is InChI=1S/C28H29N2O.C27H27N2O.C22H26FN2.C18H18FN2.C3H4/c1-16(2)14-20-8-7-9-24-21(20)12-13-25(30(24)6)26-19(5)17(3)15-23-22-11-10-18(4)29-28(22)31-27(23)26;1-16(2)14-19-8-6-10-23-20(19)11-12-24(29(23)5)25-18(4)17(3)15-22-21-9-7-13-28-27(21)30-26(22)25;1-13(2)9-17-7-8-18-20(11-17)24-12-25(6)22(18)19-10-14(3)21(23)16(5)15(19)4;1-11-9-15(12(2)13(3)17(11)19)18-14-7-5-6-8-16(14)20-10-21(18)4;1-3-2/h7-13,15-16H,14H2,1-6H3;6-13,15-16H,14H2,1-5H3;7-8,10-13H,9H2,1-6H3;5-10H,1-4H3;1H,2H3/q4*+1;/i;3D3,13D,14D2;;;. The number of aryl methyl sites for hydroxylation is 9. The quantitative estimate of drug-likeness (QED) is 0.100. The third kappa shape index (κ3) is 15.2. The summed E-state index contributed by atoms with van der Waals surface area (Å²) < 4.78 is 98.9. The predicted octanol–water partition coefficient (Wildman–Crippen LogP) is 22.6. The monoisotopic (exact) mass is 1470 g/mol. The van der Waals surface area contributed by atoms with Crippen molar-refractivity contribution < 1.29 is 44.1 Å². The van der Waals surface area contributed by atoms with Gasteiger partial charge in [-0.15, -0.1) is 12.3 Å². The number of pyridine rings is 4. The van der Waals surface area contributed by atoms with Crippen LogP contribution in [0, 0.1) is 118 Å². The van der Waals surface area contributed by atoms with Crippen LogP contribution in [0.2, 0.25) is 0 Å². The van der Waals surface area contributed by atoms with Gasteiger partial charge in [-0.2, -0.15) is 9.13 Å². The van der Waals surface area contributed by atoms with Gasteiger partial charge in [-0.05, 0) is 287 Å². The first-order chi connectivity index (χ1) is 54.9. The number of terminal acetylenes is 1. The molecule has 0 fully saturated rings. The molecule has 0 radical (unpaired) electrons. The fourth-order valence-electron chi connectivity index (χ4n) is 15.3. The lowest BCUT2D eigenvalue weighted by molar-refractivity contribution is -0.662. The molecule has 0 saturated heterocycles. The Morgan fingerprint density at radius 1 is 0.464 bits per heavy atom. The van der Waals surface area contributed by atoms with Gasteiger partial charge in [0.2, 0.25) is 33.8 Å². The topological polar surface area (TPSA) is 93.4 Å². The molecule has 16 aromatic rings. The lowest BCUT2D eigenvalue weighted by atomic mass is 9.94. The van der Waals surface area contributed by atoms with Crippen molar-refractivity contribution in [1.29, 1.82) is 0 Å². The minimum atomic E-state index is -2.34. The molecule has 0 aliphatic carbocycles. The minimum absolute atomic E-state index is 0.0686. The number of hydrogen-bond donors (Lipinski definition) is 0. The molecule has 0 unspecified atom stereocenters. The van der Waals surface area contributed by atoms with Crippen molar-refractivity contribution in [3.8, 4) is 57.4 Å². The van der Waals surface area contributed by atoms with Crippen LogP contribution in [-0.4, -0.2) is 19.9 Å². The maximum Gasteiger partial charge on any atom is 0.287 e. The van der Waals surface area contributed by atoms with Gasteiger partial charge in [0.15, 0.2) is 22.2 Å². The van der Waals surface area contributed by atoms with Gasteiger partial charge < -0.3 is 8.83 Å². The predicted molar refractivity (Wildman–Crippen MR) is 450 cm³/mol. The van der Waals surface area contributed by atoms with Crippen molar-refractivity contribution in [3.63, 3.8) is 0 Å². The third-order valence-corrected chi connectivity index (χ3v) is 21.2. The van der Waals surface area contributed by atoms with Crippen LogP contribution in [0.4, 0.5) is 8.78 Å². The Labute approximate surface area is 655 Å². The number of rotatable bonds is 10. The minimum Gasteiger partial charge on any atom is -0.437 e. The van der Waals surface area contributed by atoms with E-state index < -0.39 is 13.2 Å². The van der Waals surface area contributed by atoms with E-state index in [4.69, 9.17) is 17.1 Å². The van der Waals surface area contributed by atoms with Crippen LogP contribution >= 0.6 is 0 Å². The summed E-state index contributed by atoms with van der Waals surface area (Å²) in [6, 6.07) is 50.4. The number of hydrogen-bond acceptors (Lipinski definition) is 6. The van der Waals surface area contributed by atoms with Crippen molar-refractivity contribution in [2.75, 3.05) is 0 Å². The molecule has 8 aromatic carbocycles. The maximum absolute atomic E-state index is 14.3. The maximum atomic E-state index is 14.3. The van der Waals surface area contributed by atoms with E-state index in [9.17, 15) is 8.78 Å². The van der Waals surface area contributed by atoms with Crippen LogP contribution in [0.25, 0.3) is 133 Å². The summed E-state index contributed by atoms with van der Waals surface area (Å²) in [6.07, 6.45) is 8.94. The largest absolute Gasteiger partial charge is 0.437 e. The SMILES string of the molecule is C#CC.Cc1cc(-c2c3ccc(CC(C)C)cc3nc[n+]2C)c(C)c(C)c1F.Cc1cc(-c2c3ccccc3nc[n+]2C)c(C)c(C)c1F.Cc1ccc2c(n1)oc1c(-c3ccc4c(CC(C)C)cccc4[n+]3C)c(C)c(C)cc12.[2H]c1ccc2c(n1)oc1c(-c3ccc4c(C([2H])([2H])C(C)C)cccc4[n+]3C)c(C)c(C([2H])([2H])[2H])cc12. The normalized spacial score (nSPS) is 12.5. The Bertz CT molecular complexity index is 6610. The van der Waals surface area contributed by atoms with Gasteiger partial charge in [-0.1, -0.05) is 84.0 Å². The van der Waals surface area contributed by atoms with Crippen molar-refractivity contribution in [2.24, 2.45) is 45.9 Å². The number of fused-ring (bicyclic) bond motifs is 10. The van der Waals surface area contributed by atoms with Crippen molar-refractivity contribution >= 4 is 87.7 Å². The lowest BCUT2D eigenvalue weighted by Gasteiger charge is -2.14. The summed E-state index contributed by atoms with van der Waals surface area (Å²) >= 11 is 0. The molecule has 0 N–H and O–H groups in total. The van der Waals surface area contributed by atoms with E-state index in [1.54, 1.807) is 32.0 Å². The second-order valence-corrected chi connectivity index (χ2v) is 30.5. The first-order valence-electron chi connectivity index (χ1n) is 40.8. The molecule has 0 spiro atoms. The van der Waals surface area contributed by atoms with Crippen LogP contribution in [0.15, 0.2) is 179 Å². The van der Waals surface area contributed by atoms with Gasteiger partial charge in [0.1, 0.15) is 37.1 Å². The average Bonchev–Trinajstić information content (AvgIpc) is 1.51. The van der Waals surface area contributed by atoms with Gasteiger partial charge in [0, 0.05) is 86.4 Å². The van der Waals surface area contributed by atoms with E-state index in [1.807, 2.05) is 170 Å². The molecular formula is C98H104F2N8O2+4. The molecule has 8 aromatic heterocycles. The van der Waals surface area contributed by atoms with Gasteiger partial charge in [-0.25, -0.2) is 27.9 Å². The van der Waals surface area contributed by atoms with Gasteiger partial charge >= 0.3 is 0 Å². The Hall–Kier alpha value is -11.4. The fourth-order valence-corrected chi connectivity index (χ4v) is 15.3. The molecule has 558 valence electrons. The zero-order valence-electron chi connectivity index (χ0n) is 73.5. The highest BCUT2D eigenvalue weighted by Gasteiger charge is 2.29. The van der Waals surface area contributed by atoms with E-state index in [-0.39, 0.29) is 35.0 Å². The number of benzene rings is 8. The van der Waals surface area contributed by atoms with Crippen molar-refractivity contribution in [3.05, 3.63) is 260 Å². The zero-order valence-corrected chi connectivity index (χ0v) is 67.5. The molecule has 10 nitrogen and oxygen atoms in total. The van der Waals surface area contributed by atoms with Gasteiger partial charge in [0.25, 0.3) is 12.7 Å². The Morgan fingerprint density at radius 2 is 0.945 bits per heavy atom. The first-order valence-corrected chi connectivity index (χ1v) is 37.8. The summed E-state index contributed by atoms with van der Waals surface area (Å²) in [5, 5.41) is 7.81. The molecule has 0 saturated carbocycles. The number of furan rings is 2. The molecule has 0 aliphatic rings. The lowest BCUT2D eigenvalue weighted by Crippen LogP contribution is -2.32. The number of para-hydroxylation sites is 1. The number of aromatic nitrogens is 8. The summed E-state index contributed by atoms with van der Waals surface area (Å²) in [6.45, 7) is 31.5. The number of nitrogens with zero attached hydrogens (tertiary/aromatic N) is 8. The van der Waals surface area contributed by atoms with Crippen molar-refractivity contribution in [1.82, 2.24) is 19.9 Å². The van der Waals surface area contributed by atoms with Gasteiger partial charge in [-0.3, -0.25) is 0 Å². The molecule has 12 heteroatoms. The Kier molecular flexibility index (Phi) is 20.7. The highest BCUT2D eigenvalue weighted by Crippen LogP contribution is 2.42. The molecule has 8 heterocycles. The van der Waals surface area contributed by atoms with Crippen LogP contribution in [0.5, 0.6) is 0 Å². The average molecular weight is 1470 g/mol. The fraction of sp³-hybridized carbons (Fsp3) is 0.286. The van der Waals surface area contributed by atoms with Crippen LogP contribution in [0.3, 0.4) is 0 Å². The first kappa shape index (κ1) is 70.3. The smallest absolute Gasteiger partial charge is 0.287 e. The van der Waals surface area contributed by atoms with E-state index in [0.29, 0.717) is 67.3 Å². The second-order valence-electron chi connectivity index (χ2n) is 30.5. The van der Waals surface area contributed by atoms with Crippen LogP contribution in [-0.2, 0) is 47.4 Å². The molecule has 110 heavy (non-hydrogen) atoms. The molecule has 0 atom stereocenters. The van der Waals surface area contributed by atoms with Crippen LogP contribution in [0.1, 0.15) is 135 Å². The molecular weight excluding hydrogens is 1360 g/mol. The van der Waals surface area contributed by atoms with Crippen LogP contribution < -0.4 is 18.3 Å². The third-order valence-electron chi connectivity index (χ3n) is 21.2. The highest BCUT2D eigenvalue weighted by atomic mass is 19.1. The van der Waals surface area contributed by atoms with Crippen molar-refractivity contribution in [2.45, 2.75) is 144 Å². The summed E-state index contributed by atoms with van der Waals surface area (Å²) in [5.41, 5.74) is 26.8. The molecule has 0 bridgehead atoms. The second kappa shape index (κ2) is 32.4. The summed E-state index contributed by atoms with van der Waals surface area (Å²) in [7, 11) is 8.03.